The molecule has 2 atom stereocenters. The molecule has 4 nitrogen and oxygen atoms in total. The van der Waals surface area contributed by atoms with Crippen LogP contribution in [0, 0.1) is 11.3 Å². The summed E-state index contributed by atoms with van der Waals surface area (Å²) >= 11 is 0. The summed E-state index contributed by atoms with van der Waals surface area (Å²) in [4.78, 5) is 11.7. The third kappa shape index (κ3) is 2.28. The Hall–Kier alpha value is -0.770. The van der Waals surface area contributed by atoms with E-state index in [1.807, 2.05) is 20.8 Å². The van der Waals surface area contributed by atoms with Gasteiger partial charge in [0, 0.05) is 12.6 Å². The van der Waals surface area contributed by atoms with Gasteiger partial charge in [-0.3, -0.25) is 0 Å². The topological polar surface area (TPSA) is 58.6 Å². The van der Waals surface area contributed by atoms with Crippen LogP contribution in [0.1, 0.15) is 46.5 Å². The number of carbonyl (C=O) groups is 1. The van der Waals surface area contributed by atoms with Crippen molar-refractivity contribution in [2.45, 2.75) is 58.1 Å². The van der Waals surface area contributed by atoms with Crippen LogP contribution in [0.25, 0.3) is 0 Å². The van der Waals surface area contributed by atoms with Gasteiger partial charge in [0.15, 0.2) is 0 Å². The molecule has 0 aromatic rings. The molecule has 2 aliphatic rings. The zero-order chi connectivity index (χ0) is 12.7. The molecule has 0 bridgehead atoms. The van der Waals surface area contributed by atoms with E-state index >= 15 is 0 Å². The Morgan fingerprint density at radius 3 is 2.53 bits per heavy atom. The Morgan fingerprint density at radius 1 is 1.47 bits per heavy atom. The van der Waals surface area contributed by atoms with Crippen LogP contribution in [-0.2, 0) is 4.74 Å². The Kier molecular flexibility index (Phi) is 3.10. The summed E-state index contributed by atoms with van der Waals surface area (Å²) < 4.78 is 5.26. The van der Waals surface area contributed by atoms with Crippen molar-refractivity contribution in [3.8, 4) is 0 Å². The van der Waals surface area contributed by atoms with Crippen molar-refractivity contribution >= 4 is 6.09 Å². The minimum Gasteiger partial charge on any atom is -0.444 e. The Morgan fingerprint density at radius 2 is 2.12 bits per heavy atom. The monoisotopic (exact) mass is 241 g/mol. The molecule has 17 heavy (non-hydrogen) atoms. The SMILES string of the molecule is CC(C)(C)OC(=O)NC1CC(CO)C12CCC2. The maximum Gasteiger partial charge on any atom is 0.407 e. The van der Waals surface area contributed by atoms with E-state index in [2.05, 4.69) is 5.32 Å². The third-order valence-electron chi connectivity index (χ3n) is 4.22. The molecule has 0 aromatic heterocycles. The molecule has 0 heterocycles. The predicted molar refractivity (Wildman–Crippen MR) is 64.6 cm³/mol. The van der Waals surface area contributed by atoms with Crippen LogP contribution in [0.2, 0.25) is 0 Å². The van der Waals surface area contributed by atoms with Crippen molar-refractivity contribution in [2.24, 2.45) is 11.3 Å². The van der Waals surface area contributed by atoms with Crippen LogP contribution in [0.4, 0.5) is 4.79 Å². The van der Waals surface area contributed by atoms with E-state index < -0.39 is 5.60 Å². The van der Waals surface area contributed by atoms with E-state index in [0.29, 0.717) is 5.92 Å². The van der Waals surface area contributed by atoms with Crippen LogP contribution in [0.15, 0.2) is 0 Å². The summed E-state index contributed by atoms with van der Waals surface area (Å²) in [5, 5.41) is 12.2. The quantitative estimate of drug-likeness (QED) is 0.778. The molecular weight excluding hydrogens is 218 g/mol. The fourth-order valence-electron chi connectivity index (χ4n) is 3.13. The number of aliphatic hydroxyl groups excluding tert-OH is 1. The molecule has 0 aliphatic heterocycles. The smallest absolute Gasteiger partial charge is 0.407 e. The predicted octanol–water partition coefficient (Wildman–Crippen LogP) is 2.06. The average Bonchev–Trinajstić information content (AvgIpc) is 2.05. The zero-order valence-electron chi connectivity index (χ0n) is 11.0. The summed E-state index contributed by atoms with van der Waals surface area (Å²) in [6.45, 7) is 5.83. The standard InChI is InChI=1S/C13H23NO3/c1-12(2,3)17-11(16)14-10-7-9(8-15)13(10)5-4-6-13/h9-10,15H,4-8H2,1-3H3,(H,14,16). The van der Waals surface area contributed by atoms with Gasteiger partial charge in [0.2, 0.25) is 0 Å². The van der Waals surface area contributed by atoms with Gasteiger partial charge in [-0.25, -0.2) is 4.79 Å². The number of nitrogens with one attached hydrogen (secondary N) is 1. The van der Waals surface area contributed by atoms with Crippen LogP contribution in [0.5, 0.6) is 0 Å². The molecule has 4 heteroatoms. The van der Waals surface area contributed by atoms with Gasteiger partial charge in [-0.2, -0.15) is 0 Å². The molecule has 98 valence electrons. The van der Waals surface area contributed by atoms with E-state index in [0.717, 1.165) is 19.3 Å². The van der Waals surface area contributed by atoms with Gasteiger partial charge < -0.3 is 15.2 Å². The Labute approximate surface area is 103 Å². The van der Waals surface area contributed by atoms with Gasteiger partial charge in [0.25, 0.3) is 0 Å². The van der Waals surface area contributed by atoms with Crippen LogP contribution >= 0.6 is 0 Å². The lowest BCUT2D eigenvalue weighted by atomic mass is 9.47. The van der Waals surface area contributed by atoms with E-state index in [1.54, 1.807) is 0 Å². The van der Waals surface area contributed by atoms with E-state index in [-0.39, 0.29) is 24.2 Å². The molecule has 1 spiro atoms. The fraction of sp³-hybridized carbons (Fsp3) is 0.923. The number of hydrogen-bond donors (Lipinski definition) is 2. The fourth-order valence-corrected chi connectivity index (χ4v) is 3.13. The summed E-state index contributed by atoms with van der Waals surface area (Å²) in [5.41, 5.74) is -0.275. The average molecular weight is 241 g/mol. The number of hydrogen-bond acceptors (Lipinski definition) is 3. The zero-order valence-corrected chi connectivity index (χ0v) is 11.0. The number of rotatable bonds is 2. The lowest BCUT2D eigenvalue weighted by Crippen LogP contribution is -2.65. The molecule has 0 aromatic carbocycles. The number of amides is 1. The summed E-state index contributed by atoms with van der Waals surface area (Å²) in [5.74, 6) is 0.371. The van der Waals surface area contributed by atoms with Crippen molar-refractivity contribution in [1.82, 2.24) is 5.32 Å². The second-order valence-electron chi connectivity index (χ2n) is 6.40. The third-order valence-corrected chi connectivity index (χ3v) is 4.22. The van der Waals surface area contributed by atoms with E-state index in [4.69, 9.17) is 4.74 Å². The highest BCUT2D eigenvalue weighted by atomic mass is 16.6. The number of carbonyl (C=O) groups excluding carboxylic acids is 1. The molecule has 2 aliphatic carbocycles. The summed E-state index contributed by atoms with van der Waals surface area (Å²) in [7, 11) is 0. The maximum atomic E-state index is 11.7. The Balaban J connectivity index is 1.87. The van der Waals surface area contributed by atoms with Gasteiger partial charge in [-0.05, 0) is 51.4 Å². The van der Waals surface area contributed by atoms with Crippen LogP contribution < -0.4 is 5.32 Å². The van der Waals surface area contributed by atoms with Gasteiger partial charge in [0.1, 0.15) is 5.60 Å². The van der Waals surface area contributed by atoms with Crippen molar-refractivity contribution in [3.63, 3.8) is 0 Å². The van der Waals surface area contributed by atoms with Gasteiger partial charge in [0.05, 0.1) is 0 Å². The minimum absolute atomic E-state index is 0.172. The van der Waals surface area contributed by atoms with Crippen molar-refractivity contribution in [1.29, 1.82) is 0 Å². The minimum atomic E-state index is -0.447. The number of ether oxygens (including phenoxy) is 1. The van der Waals surface area contributed by atoms with Gasteiger partial charge in [-0.1, -0.05) is 6.42 Å². The molecule has 2 N–H and O–H groups in total. The largest absolute Gasteiger partial charge is 0.444 e. The maximum absolute atomic E-state index is 11.7. The highest BCUT2D eigenvalue weighted by Gasteiger charge is 2.58. The second-order valence-corrected chi connectivity index (χ2v) is 6.40. The van der Waals surface area contributed by atoms with E-state index in [9.17, 15) is 9.90 Å². The molecule has 2 rings (SSSR count). The van der Waals surface area contributed by atoms with Crippen LogP contribution in [0.3, 0.4) is 0 Å². The molecule has 2 saturated carbocycles. The first-order valence-corrected chi connectivity index (χ1v) is 6.48. The first-order chi connectivity index (χ1) is 7.87. The second kappa shape index (κ2) is 4.16. The van der Waals surface area contributed by atoms with E-state index in [1.165, 1.54) is 6.42 Å². The molecule has 0 saturated heterocycles. The van der Waals surface area contributed by atoms with Gasteiger partial charge in [-0.15, -0.1) is 0 Å². The summed E-state index contributed by atoms with van der Waals surface area (Å²) in [6.07, 6.45) is 4.01. The number of aliphatic hydroxyl groups is 1. The lowest BCUT2D eigenvalue weighted by molar-refractivity contribution is -0.109. The highest BCUT2D eigenvalue weighted by Crippen LogP contribution is 2.59. The molecular formula is C13H23NO3. The van der Waals surface area contributed by atoms with Crippen LogP contribution in [-0.4, -0.2) is 29.4 Å². The summed E-state index contributed by atoms with van der Waals surface area (Å²) in [6, 6.07) is 0.197. The first-order valence-electron chi connectivity index (χ1n) is 6.48. The molecule has 2 unspecified atom stereocenters. The normalized spacial score (nSPS) is 30.4. The van der Waals surface area contributed by atoms with Crippen molar-refractivity contribution in [2.75, 3.05) is 6.61 Å². The molecule has 1 amide bonds. The highest BCUT2D eigenvalue weighted by molar-refractivity contribution is 5.68. The molecule has 0 radical (unpaired) electrons. The van der Waals surface area contributed by atoms with Gasteiger partial charge >= 0.3 is 6.09 Å². The molecule has 2 fully saturated rings. The Bertz CT molecular complexity index is 304. The first kappa shape index (κ1) is 12.7. The lowest BCUT2D eigenvalue weighted by Gasteiger charge is -2.61. The van der Waals surface area contributed by atoms with Crippen molar-refractivity contribution < 1.29 is 14.6 Å². The number of alkyl carbamates (subject to hydrolysis) is 1. The van der Waals surface area contributed by atoms with Crippen molar-refractivity contribution in [3.05, 3.63) is 0 Å².